The summed E-state index contributed by atoms with van der Waals surface area (Å²) in [6, 6.07) is 26.8. The number of hydrogen-bond acceptors (Lipinski definition) is 16. The molecule has 3 aliphatic heterocycles. The molecule has 0 radical (unpaired) electrons. The molecule has 0 amide bonds. The van der Waals surface area contributed by atoms with Crippen LogP contribution in [0, 0.1) is 0 Å². The average Bonchev–Trinajstić information content (AvgIpc) is 1.76. The van der Waals surface area contributed by atoms with Crippen molar-refractivity contribution in [2.24, 2.45) is 0 Å². The van der Waals surface area contributed by atoms with Crippen LogP contribution in [-0.2, 0) is 49.4 Å². The van der Waals surface area contributed by atoms with Gasteiger partial charge in [0.1, 0.15) is 54.9 Å². The fourth-order valence-corrected chi connectivity index (χ4v) is 14.8. The Morgan fingerprint density at radius 1 is 0.506 bits per heavy atom. The second-order valence-electron chi connectivity index (χ2n) is 28.3. The molecular formula is C67H100O16SeSi3. The summed E-state index contributed by atoms with van der Waals surface area (Å²) >= 11 is -1.62. The van der Waals surface area contributed by atoms with Crippen molar-refractivity contribution in [1.82, 2.24) is 0 Å². The zero-order valence-electron chi connectivity index (χ0n) is 53.5. The van der Waals surface area contributed by atoms with Gasteiger partial charge in [0, 0.05) is 38.2 Å². The van der Waals surface area contributed by atoms with E-state index in [0.29, 0.717) is 53.5 Å². The second-order valence-corrected chi connectivity index (χ2v) is 42.8. The molecule has 6 fully saturated rings. The Bertz CT molecular complexity index is 2770. The number of rotatable bonds is 15. The number of carbonyl (C=O) groups is 3. The van der Waals surface area contributed by atoms with Gasteiger partial charge in [0.15, 0.2) is 25.0 Å². The van der Waals surface area contributed by atoms with Crippen LogP contribution in [0.25, 0.3) is 0 Å². The predicted molar refractivity (Wildman–Crippen MR) is 345 cm³/mol. The minimum absolute atomic E-state index is 0. The van der Waals surface area contributed by atoms with Crippen molar-refractivity contribution in [1.29, 1.82) is 0 Å². The van der Waals surface area contributed by atoms with Gasteiger partial charge in [0.05, 0.1) is 41.1 Å². The molecule has 482 valence electrons. The van der Waals surface area contributed by atoms with Gasteiger partial charge < -0.3 is 51.9 Å². The first-order chi connectivity index (χ1) is 39.9. The Morgan fingerprint density at radius 3 is 1.07 bits per heavy atom. The zero-order valence-corrected chi connectivity index (χ0v) is 58.2. The predicted octanol–water partition coefficient (Wildman–Crippen LogP) is 13.3. The molecular weight excluding hydrogens is 1220 g/mol. The standard InChI is InChI=1S/2C22H32O5Si.C22H32O4Si.CH4.O2Se/c2*1-15-18(23)12-17(27-28(5,6)21(2,3)4)13-22(15)19(26-22)14-25-20(24)16-10-8-7-9-11-16;1-16-12-13-18(26-27(5,6)21(2,3)4)14-22(16)19(25-22)15-24-20(23)17-10-8-7-9-11-17;;1-3-2/h2*7-11,17-19,23H,1,12-14H2,2-6H3;7-11,18-19H,1,12-15H2,2-6H3;1H4;/t17?,18-,19?,22?;;;;/m0..../s1. The van der Waals surface area contributed by atoms with E-state index in [1.54, 1.807) is 60.7 Å². The summed E-state index contributed by atoms with van der Waals surface area (Å²) in [5.41, 5.74) is 2.36. The van der Waals surface area contributed by atoms with Gasteiger partial charge in [-0.1, -0.05) is 144 Å². The topological polar surface area (TPSA) is 219 Å². The molecule has 11 atom stereocenters. The number of hydrogen-bond donors (Lipinski definition) is 2. The van der Waals surface area contributed by atoms with Crippen LogP contribution in [0.3, 0.4) is 0 Å². The fourth-order valence-electron chi connectivity index (χ4n) is 10.7. The molecule has 9 rings (SSSR count). The Morgan fingerprint density at radius 2 is 0.770 bits per heavy atom. The van der Waals surface area contributed by atoms with Crippen molar-refractivity contribution in [2.75, 3.05) is 19.8 Å². The van der Waals surface area contributed by atoms with Crippen LogP contribution >= 0.6 is 0 Å². The van der Waals surface area contributed by atoms with Crippen LogP contribution in [0.2, 0.25) is 54.4 Å². The summed E-state index contributed by atoms with van der Waals surface area (Å²) < 4.78 is 70.8. The van der Waals surface area contributed by atoms with E-state index < -0.39 is 63.2 Å². The molecule has 3 aliphatic carbocycles. The molecule has 3 heterocycles. The Labute approximate surface area is 527 Å². The number of esters is 3. The van der Waals surface area contributed by atoms with E-state index in [2.05, 4.69) is 121 Å². The first-order valence-electron chi connectivity index (χ1n) is 30.0. The van der Waals surface area contributed by atoms with E-state index in [9.17, 15) is 24.6 Å². The summed E-state index contributed by atoms with van der Waals surface area (Å²) in [7, 11) is -5.75. The molecule has 3 spiro atoms. The van der Waals surface area contributed by atoms with Crippen molar-refractivity contribution < 1.29 is 74.0 Å². The van der Waals surface area contributed by atoms with E-state index in [0.717, 1.165) is 24.8 Å². The van der Waals surface area contributed by atoms with Gasteiger partial charge in [0.25, 0.3) is 0 Å². The van der Waals surface area contributed by atoms with E-state index in [4.69, 9.17) is 49.4 Å². The SMILES string of the molecule is C.C=C1C(O)CC(O[Si](C)(C)C(C)(C)C)CC12OC2COC(=O)c1ccccc1.C=C1CCC(O[Si](C)(C)C(C)(C)C)CC12OC2COC(=O)c1ccccc1.C=C1[C@@H](O)CC(O[Si](C)(C)C(C)(C)C)CC12OC2COC(=O)c1ccccc1.O=[Se]=O. The zero-order chi connectivity index (χ0) is 64.1. The van der Waals surface area contributed by atoms with Gasteiger partial charge in [-0.3, -0.25) is 0 Å². The number of ether oxygens (including phenoxy) is 6. The summed E-state index contributed by atoms with van der Waals surface area (Å²) in [4.78, 5) is 36.5. The summed E-state index contributed by atoms with van der Waals surface area (Å²) in [6.07, 6.45) is 3.06. The van der Waals surface area contributed by atoms with Crippen LogP contribution in [0.4, 0.5) is 0 Å². The number of carbonyl (C=O) groups excluding carboxylic acids is 3. The van der Waals surface area contributed by atoms with Crippen LogP contribution < -0.4 is 0 Å². The van der Waals surface area contributed by atoms with Gasteiger partial charge in [-0.25, -0.2) is 14.4 Å². The molecule has 0 bridgehead atoms. The van der Waals surface area contributed by atoms with Crippen LogP contribution in [0.1, 0.15) is 146 Å². The normalized spacial score (nSPS) is 28.4. The first-order valence-corrected chi connectivity index (χ1v) is 40.1. The molecule has 6 aliphatic rings. The van der Waals surface area contributed by atoms with Crippen molar-refractivity contribution in [2.45, 2.75) is 235 Å². The Hall–Kier alpha value is -4.26. The van der Waals surface area contributed by atoms with E-state index in [-0.39, 0.29) is 102 Å². The minimum atomic E-state index is -1.96. The van der Waals surface area contributed by atoms with Gasteiger partial charge in [-0.15, -0.1) is 0 Å². The van der Waals surface area contributed by atoms with Crippen LogP contribution in [0.15, 0.2) is 127 Å². The second kappa shape index (κ2) is 28.9. The maximum atomic E-state index is 12.2. The van der Waals surface area contributed by atoms with Crippen LogP contribution in [0.5, 0.6) is 0 Å². The van der Waals surface area contributed by atoms with Crippen molar-refractivity contribution in [3.63, 3.8) is 0 Å². The quantitative estimate of drug-likeness (QED) is 0.0475. The summed E-state index contributed by atoms with van der Waals surface area (Å²) in [6.45, 7) is 46.3. The van der Waals surface area contributed by atoms with Gasteiger partial charge in [-0.2, -0.15) is 0 Å². The number of aliphatic hydroxyl groups excluding tert-OH is 2. The number of aliphatic hydroxyl groups is 2. The molecule has 3 saturated carbocycles. The fraction of sp³-hybridized carbons (Fsp3) is 0.597. The molecule has 0 aromatic heterocycles. The van der Waals surface area contributed by atoms with Gasteiger partial charge >= 0.3 is 40.4 Å². The number of epoxide rings is 3. The molecule has 3 aromatic carbocycles. The van der Waals surface area contributed by atoms with Crippen LogP contribution in [-0.4, -0.2) is 153 Å². The molecule has 20 heteroatoms. The molecule has 10 unspecified atom stereocenters. The van der Waals surface area contributed by atoms with E-state index in [1.807, 2.05) is 30.3 Å². The van der Waals surface area contributed by atoms with Gasteiger partial charge in [0.2, 0.25) is 0 Å². The summed E-state index contributed by atoms with van der Waals surface area (Å²) in [5.74, 6) is -1.05. The molecule has 87 heavy (non-hydrogen) atoms. The first kappa shape index (κ1) is 73.5. The van der Waals surface area contributed by atoms with Gasteiger partial charge in [-0.05, 0) is 120 Å². The van der Waals surface area contributed by atoms with E-state index in [1.165, 1.54) is 0 Å². The third kappa shape index (κ3) is 18.0. The van der Waals surface area contributed by atoms with Crippen molar-refractivity contribution >= 4 is 57.7 Å². The summed E-state index contributed by atoms with van der Waals surface area (Å²) in [5, 5.41) is 21.5. The number of benzene rings is 3. The average molecular weight is 1320 g/mol. The molecule has 2 N–H and O–H groups in total. The molecule has 16 nitrogen and oxygen atoms in total. The Kier molecular flexibility index (Phi) is 24.4. The van der Waals surface area contributed by atoms with E-state index >= 15 is 0 Å². The van der Waals surface area contributed by atoms with Crippen molar-refractivity contribution in [3.05, 3.63) is 144 Å². The Balaban J connectivity index is 0.000000231. The monoisotopic (exact) mass is 1320 g/mol. The maximum absolute atomic E-state index is 12.2. The molecule has 3 aromatic rings. The van der Waals surface area contributed by atoms with Crippen molar-refractivity contribution in [3.8, 4) is 0 Å². The third-order valence-electron chi connectivity index (χ3n) is 19.2. The third-order valence-corrected chi connectivity index (χ3v) is 32.8. The molecule has 3 saturated heterocycles.